The highest BCUT2D eigenvalue weighted by Crippen LogP contribution is 2.43. The molecule has 4 aromatic rings. The lowest BCUT2D eigenvalue weighted by molar-refractivity contribution is -0.198. The Morgan fingerprint density at radius 2 is 1.84 bits per heavy atom. The van der Waals surface area contributed by atoms with Gasteiger partial charge in [-0.15, -0.1) is 0 Å². The molecule has 11 nitrogen and oxygen atoms in total. The van der Waals surface area contributed by atoms with Crippen molar-refractivity contribution < 1.29 is 32.2 Å². The van der Waals surface area contributed by atoms with Crippen LogP contribution in [0.15, 0.2) is 60.8 Å². The number of aryl methyl sites for hydroxylation is 1. The molecule has 0 aliphatic carbocycles. The van der Waals surface area contributed by atoms with E-state index < -0.39 is 12.3 Å². The summed E-state index contributed by atoms with van der Waals surface area (Å²) in [6, 6.07) is 14.8. The van der Waals surface area contributed by atoms with Crippen molar-refractivity contribution in [2.75, 3.05) is 43.5 Å². The maximum atomic E-state index is 14.9. The topological polar surface area (TPSA) is 130 Å². The third kappa shape index (κ3) is 7.58. The minimum Gasteiger partial charge on any atom is -0.494 e. The highest BCUT2D eigenvalue weighted by molar-refractivity contribution is 5.76. The molecule has 0 amide bonds. The normalized spacial score (nSPS) is 18.0. The van der Waals surface area contributed by atoms with E-state index in [0.717, 1.165) is 18.4 Å². The number of nitrogens with one attached hydrogen (secondary N) is 1. The van der Waals surface area contributed by atoms with E-state index in [1.807, 2.05) is 36.1 Å². The highest BCUT2D eigenvalue weighted by atomic mass is 19.4. The van der Waals surface area contributed by atoms with Gasteiger partial charge in [0, 0.05) is 37.5 Å². The van der Waals surface area contributed by atoms with Gasteiger partial charge in [-0.2, -0.15) is 28.2 Å². The molecular formula is C35H40F3N7O4. The van der Waals surface area contributed by atoms with Crippen LogP contribution in [0.2, 0.25) is 0 Å². The molecule has 1 spiro atoms. The van der Waals surface area contributed by atoms with Crippen molar-refractivity contribution >= 4 is 17.7 Å². The van der Waals surface area contributed by atoms with Crippen LogP contribution in [0.4, 0.5) is 24.9 Å². The fourth-order valence-corrected chi connectivity index (χ4v) is 6.62. The molecule has 0 saturated carbocycles. The molecule has 0 bridgehead atoms. The number of ether oxygens (including phenoxy) is 3. The molecule has 2 aliphatic heterocycles. The predicted octanol–water partition coefficient (Wildman–Crippen LogP) is 5.81. The zero-order valence-corrected chi connectivity index (χ0v) is 27.7. The number of rotatable bonds is 10. The Bertz CT molecular complexity index is 1790. The van der Waals surface area contributed by atoms with Gasteiger partial charge in [0.15, 0.2) is 0 Å². The minimum atomic E-state index is -4.82. The second-order valence-corrected chi connectivity index (χ2v) is 12.5. The second kappa shape index (κ2) is 13.9. The van der Waals surface area contributed by atoms with Gasteiger partial charge in [-0.1, -0.05) is 24.3 Å². The molecule has 2 saturated heterocycles. The molecule has 260 valence electrons. The molecule has 49 heavy (non-hydrogen) atoms. The first-order valence-corrected chi connectivity index (χ1v) is 16.4. The van der Waals surface area contributed by atoms with Crippen molar-refractivity contribution in [1.82, 2.24) is 25.1 Å². The van der Waals surface area contributed by atoms with Crippen LogP contribution in [0.3, 0.4) is 0 Å². The molecule has 0 unspecified atom stereocenters. The van der Waals surface area contributed by atoms with E-state index in [9.17, 15) is 18.0 Å². The summed E-state index contributed by atoms with van der Waals surface area (Å²) in [5.41, 5.74) is 8.09. The van der Waals surface area contributed by atoms with Crippen LogP contribution in [0, 0.1) is 12.3 Å². The SMILES string of the molecule is CCOC(=O)[C@@H]1CC2(CCN(c3cc(O[C@H](c4ccc(-c5cccc(OCC)c5)cc4-n4ccc(C)n4)C(F)(F)F)nc(N)n3)CC2)CN1. The molecule has 2 aliphatic rings. The van der Waals surface area contributed by atoms with E-state index in [2.05, 4.69) is 20.4 Å². The maximum absolute atomic E-state index is 14.9. The number of hydrogen-bond acceptors (Lipinski definition) is 10. The Balaban J connectivity index is 1.27. The predicted molar refractivity (Wildman–Crippen MR) is 178 cm³/mol. The number of carbonyl (C=O) groups is 1. The molecule has 3 N–H and O–H groups in total. The van der Waals surface area contributed by atoms with Gasteiger partial charge in [0.25, 0.3) is 0 Å². The summed E-state index contributed by atoms with van der Waals surface area (Å²) in [5, 5.41) is 7.71. The number of nitrogens with two attached hydrogens (primary N) is 1. The number of aromatic nitrogens is 4. The van der Waals surface area contributed by atoms with E-state index in [4.69, 9.17) is 19.9 Å². The van der Waals surface area contributed by atoms with Gasteiger partial charge in [-0.3, -0.25) is 4.79 Å². The highest BCUT2D eigenvalue weighted by Gasteiger charge is 2.46. The van der Waals surface area contributed by atoms with Crippen molar-refractivity contribution in [2.45, 2.75) is 58.4 Å². The van der Waals surface area contributed by atoms with Crippen molar-refractivity contribution in [3.05, 3.63) is 72.1 Å². The van der Waals surface area contributed by atoms with E-state index >= 15 is 0 Å². The first kappa shape index (κ1) is 34.0. The first-order chi connectivity index (χ1) is 23.5. The number of carbonyl (C=O) groups excluding carboxylic acids is 1. The lowest BCUT2D eigenvalue weighted by Gasteiger charge is -2.39. The molecule has 2 fully saturated rings. The van der Waals surface area contributed by atoms with E-state index in [-0.39, 0.29) is 40.5 Å². The van der Waals surface area contributed by atoms with Crippen LogP contribution >= 0.6 is 0 Å². The smallest absolute Gasteiger partial charge is 0.429 e. The first-order valence-electron chi connectivity index (χ1n) is 16.4. The van der Waals surface area contributed by atoms with Gasteiger partial charge >= 0.3 is 12.1 Å². The number of alkyl halides is 3. The number of halogens is 3. The van der Waals surface area contributed by atoms with Crippen LogP contribution < -0.4 is 25.4 Å². The van der Waals surface area contributed by atoms with Crippen LogP contribution in [0.1, 0.15) is 50.5 Å². The van der Waals surface area contributed by atoms with Gasteiger partial charge in [0.2, 0.25) is 17.9 Å². The molecule has 4 heterocycles. The van der Waals surface area contributed by atoms with E-state index in [1.165, 1.54) is 16.8 Å². The molecular weight excluding hydrogens is 639 g/mol. The average Bonchev–Trinajstić information content (AvgIpc) is 3.70. The number of anilines is 2. The zero-order valence-electron chi connectivity index (χ0n) is 27.7. The van der Waals surface area contributed by atoms with Crippen molar-refractivity contribution in [1.29, 1.82) is 0 Å². The molecule has 2 aromatic carbocycles. The Labute approximate surface area is 282 Å². The van der Waals surface area contributed by atoms with Crippen LogP contribution in [0.25, 0.3) is 16.8 Å². The number of nitrogens with zero attached hydrogens (tertiary/aromatic N) is 5. The van der Waals surface area contributed by atoms with E-state index in [1.54, 1.807) is 38.2 Å². The summed E-state index contributed by atoms with van der Waals surface area (Å²) in [6.45, 7) is 8.06. The lowest BCUT2D eigenvalue weighted by atomic mass is 9.76. The van der Waals surface area contributed by atoms with Gasteiger partial charge in [-0.25, -0.2) is 4.68 Å². The fourth-order valence-electron chi connectivity index (χ4n) is 6.62. The summed E-state index contributed by atoms with van der Waals surface area (Å²) in [7, 11) is 0. The van der Waals surface area contributed by atoms with Gasteiger partial charge in [-0.05, 0) is 80.8 Å². The summed E-state index contributed by atoms with van der Waals surface area (Å²) < 4.78 is 62.7. The van der Waals surface area contributed by atoms with E-state index in [0.29, 0.717) is 62.1 Å². The zero-order chi connectivity index (χ0) is 34.8. The van der Waals surface area contributed by atoms with Crippen LogP contribution in [-0.2, 0) is 9.53 Å². The quantitative estimate of drug-likeness (QED) is 0.198. The third-order valence-corrected chi connectivity index (χ3v) is 9.08. The van der Waals surface area contributed by atoms with Crippen LogP contribution in [0.5, 0.6) is 11.6 Å². The summed E-state index contributed by atoms with van der Waals surface area (Å²) in [6.07, 6.45) is -3.42. The van der Waals surface area contributed by atoms with Crippen molar-refractivity contribution in [3.63, 3.8) is 0 Å². The number of nitrogen functional groups attached to an aromatic ring is 1. The average molecular weight is 680 g/mol. The molecule has 0 radical (unpaired) electrons. The standard InChI is InChI=1S/C35H40F3N7O4/c1-4-47-25-8-6-7-23(17-25)24-9-10-26(28(18-24)45-14-11-22(3)43-45)31(35(36,37)38)49-30-19-29(41-33(39)42-30)44-15-12-34(13-16-44)20-27(40-21-34)32(46)48-5-2/h6-11,14,17-19,27,31,40H,4-5,12-13,15-16,20-21H2,1-3H3,(H2,39,41,42)/t27-,31+/m0/s1. The Morgan fingerprint density at radius 1 is 1.06 bits per heavy atom. The summed E-state index contributed by atoms with van der Waals surface area (Å²) in [4.78, 5) is 22.6. The second-order valence-electron chi connectivity index (χ2n) is 12.5. The molecule has 6 rings (SSSR count). The Kier molecular flexibility index (Phi) is 9.68. The molecule has 14 heteroatoms. The monoisotopic (exact) mass is 679 g/mol. The number of hydrogen-bond donors (Lipinski definition) is 2. The van der Waals surface area contributed by atoms with Crippen LogP contribution in [-0.4, -0.2) is 70.8 Å². The lowest BCUT2D eigenvalue weighted by Crippen LogP contribution is -2.41. The molecule has 2 atom stereocenters. The number of piperidine rings is 1. The van der Waals surface area contributed by atoms with Gasteiger partial charge in [0.05, 0.1) is 24.6 Å². The van der Waals surface area contributed by atoms with Crippen molar-refractivity contribution in [2.24, 2.45) is 5.41 Å². The van der Waals surface area contributed by atoms with Gasteiger partial charge in [0.1, 0.15) is 17.6 Å². The number of benzene rings is 2. The van der Waals surface area contributed by atoms with Crippen molar-refractivity contribution in [3.8, 4) is 28.4 Å². The van der Waals surface area contributed by atoms with Gasteiger partial charge < -0.3 is 30.2 Å². The summed E-state index contributed by atoms with van der Waals surface area (Å²) >= 11 is 0. The maximum Gasteiger partial charge on any atom is 0.429 e. The third-order valence-electron chi connectivity index (χ3n) is 9.08. The number of esters is 1. The molecule has 2 aromatic heterocycles. The fraction of sp³-hybridized carbons (Fsp3) is 0.429. The summed E-state index contributed by atoms with van der Waals surface area (Å²) in [5.74, 6) is 0.275. The Morgan fingerprint density at radius 3 is 2.53 bits per heavy atom. The Hall–Kier alpha value is -4.85. The minimum absolute atomic E-state index is 0.0784. The largest absolute Gasteiger partial charge is 0.494 e.